The molecule has 0 saturated carbocycles. The van der Waals surface area contributed by atoms with Crippen molar-refractivity contribution < 1.29 is 9.47 Å². The van der Waals surface area contributed by atoms with E-state index >= 15 is 0 Å². The minimum atomic E-state index is 0.467. The molecule has 6 heteroatoms. The lowest BCUT2D eigenvalue weighted by molar-refractivity contribution is 0.181. The number of methoxy groups -OCH3 is 2. The Balaban J connectivity index is 2.20. The average Bonchev–Trinajstić information content (AvgIpc) is 2.48. The number of aromatic nitrogens is 3. The third kappa shape index (κ3) is 4.39. The van der Waals surface area contributed by atoms with Crippen molar-refractivity contribution in [3.05, 3.63) is 41.5 Å². The summed E-state index contributed by atoms with van der Waals surface area (Å²) in [5, 5.41) is 3.21. The van der Waals surface area contributed by atoms with E-state index in [0.717, 1.165) is 29.4 Å². The summed E-state index contributed by atoms with van der Waals surface area (Å²) in [6.45, 7) is 3.31. The van der Waals surface area contributed by atoms with Gasteiger partial charge in [0.1, 0.15) is 11.6 Å². The molecule has 2 rings (SSSR count). The van der Waals surface area contributed by atoms with Crippen LogP contribution in [0, 0.1) is 0 Å². The van der Waals surface area contributed by atoms with Crippen LogP contribution < -0.4 is 10.1 Å². The van der Waals surface area contributed by atoms with E-state index in [1.54, 1.807) is 20.4 Å². The second-order valence-electron chi connectivity index (χ2n) is 4.51. The van der Waals surface area contributed by atoms with Gasteiger partial charge in [0.15, 0.2) is 0 Å². The summed E-state index contributed by atoms with van der Waals surface area (Å²) in [7, 11) is 3.25. The van der Waals surface area contributed by atoms with Crippen LogP contribution in [0.1, 0.15) is 24.0 Å². The van der Waals surface area contributed by atoms with Gasteiger partial charge in [-0.05, 0) is 12.5 Å². The Kier molecular flexibility index (Phi) is 5.45. The van der Waals surface area contributed by atoms with Crippen LogP contribution in [0.4, 0.5) is 5.82 Å². The molecule has 2 aromatic heterocycles. The average molecular weight is 288 g/mol. The van der Waals surface area contributed by atoms with Crippen LogP contribution in [-0.4, -0.2) is 35.7 Å². The van der Waals surface area contributed by atoms with Crippen molar-refractivity contribution >= 4 is 5.82 Å². The Morgan fingerprint density at radius 1 is 1.19 bits per heavy atom. The van der Waals surface area contributed by atoms with Gasteiger partial charge < -0.3 is 14.8 Å². The lowest BCUT2D eigenvalue weighted by Crippen LogP contribution is -2.07. The molecule has 0 atom stereocenters. The molecule has 112 valence electrons. The minimum Gasteiger partial charge on any atom is -0.481 e. The van der Waals surface area contributed by atoms with Crippen molar-refractivity contribution in [3.63, 3.8) is 0 Å². The SMILES string of the molecule is CCNc1cc(COC)nc(Cc2ccc(OC)nc2)n1. The zero-order valence-electron chi connectivity index (χ0n) is 12.6. The summed E-state index contributed by atoms with van der Waals surface area (Å²) in [6, 6.07) is 5.70. The van der Waals surface area contributed by atoms with Crippen molar-refractivity contribution in [2.24, 2.45) is 0 Å². The van der Waals surface area contributed by atoms with Gasteiger partial charge in [0, 0.05) is 38.4 Å². The van der Waals surface area contributed by atoms with Crippen LogP contribution in [-0.2, 0) is 17.8 Å². The second-order valence-corrected chi connectivity index (χ2v) is 4.51. The highest BCUT2D eigenvalue weighted by Gasteiger charge is 2.06. The summed E-state index contributed by atoms with van der Waals surface area (Å²) in [4.78, 5) is 13.2. The van der Waals surface area contributed by atoms with Crippen molar-refractivity contribution in [2.45, 2.75) is 20.0 Å². The summed E-state index contributed by atoms with van der Waals surface area (Å²) < 4.78 is 10.2. The number of nitrogens with zero attached hydrogens (tertiary/aromatic N) is 3. The Morgan fingerprint density at radius 2 is 2.05 bits per heavy atom. The number of pyridine rings is 1. The number of ether oxygens (including phenoxy) is 2. The number of rotatable bonds is 7. The van der Waals surface area contributed by atoms with E-state index in [4.69, 9.17) is 9.47 Å². The summed E-state index contributed by atoms with van der Waals surface area (Å²) >= 11 is 0. The minimum absolute atomic E-state index is 0.467. The van der Waals surface area contributed by atoms with Gasteiger partial charge in [-0.15, -0.1) is 0 Å². The zero-order valence-corrected chi connectivity index (χ0v) is 12.6. The summed E-state index contributed by atoms with van der Waals surface area (Å²) in [5.74, 6) is 2.16. The molecule has 21 heavy (non-hydrogen) atoms. The number of hydrogen-bond acceptors (Lipinski definition) is 6. The normalized spacial score (nSPS) is 10.4. The van der Waals surface area contributed by atoms with Gasteiger partial charge in [-0.25, -0.2) is 15.0 Å². The molecule has 0 bridgehead atoms. The number of anilines is 1. The van der Waals surface area contributed by atoms with Crippen LogP contribution in [0.3, 0.4) is 0 Å². The lowest BCUT2D eigenvalue weighted by Gasteiger charge is -2.09. The van der Waals surface area contributed by atoms with Gasteiger partial charge in [0.05, 0.1) is 19.4 Å². The number of hydrogen-bond donors (Lipinski definition) is 1. The predicted octanol–water partition coefficient (Wildman–Crippen LogP) is 2.05. The fourth-order valence-electron chi connectivity index (χ4n) is 1.94. The van der Waals surface area contributed by atoms with E-state index in [-0.39, 0.29) is 0 Å². The fraction of sp³-hybridized carbons (Fsp3) is 0.400. The van der Waals surface area contributed by atoms with Crippen molar-refractivity contribution in [3.8, 4) is 5.88 Å². The molecule has 0 radical (unpaired) electrons. The van der Waals surface area contributed by atoms with E-state index in [9.17, 15) is 0 Å². The molecule has 1 N–H and O–H groups in total. The maximum Gasteiger partial charge on any atom is 0.212 e. The van der Waals surface area contributed by atoms with Gasteiger partial charge in [0.2, 0.25) is 5.88 Å². The van der Waals surface area contributed by atoms with Crippen LogP contribution in [0.25, 0.3) is 0 Å². The highest BCUT2D eigenvalue weighted by molar-refractivity contribution is 5.36. The Labute approximate surface area is 124 Å². The second kappa shape index (κ2) is 7.54. The van der Waals surface area contributed by atoms with Gasteiger partial charge in [-0.2, -0.15) is 0 Å². The van der Waals surface area contributed by atoms with E-state index in [1.807, 2.05) is 25.1 Å². The quantitative estimate of drug-likeness (QED) is 0.841. The molecule has 6 nitrogen and oxygen atoms in total. The highest BCUT2D eigenvalue weighted by atomic mass is 16.5. The number of nitrogens with one attached hydrogen (secondary N) is 1. The first-order chi connectivity index (χ1) is 10.2. The van der Waals surface area contributed by atoms with E-state index in [2.05, 4.69) is 20.3 Å². The van der Waals surface area contributed by atoms with Gasteiger partial charge in [-0.1, -0.05) is 6.07 Å². The fourth-order valence-corrected chi connectivity index (χ4v) is 1.94. The van der Waals surface area contributed by atoms with Crippen LogP contribution in [0.15, 0.2) is 24.4 Å². The molecular weight excluding hydrogens is 268 g/mol. The summed E-state index contributed by atoms with van der Waals surface area (Å²) in [5.41, 5.74) is 1.90. The molecule has 0 spiro atoms. The molecule has 0 saturated heterocycles. The van der Waals surface area contributed by atoms with Crippen LogP contribution >= 0.6 is 0 Å². The first kappa shape index (κ1) is 15.2. The molecule has 2 aromatic rings. The van der Waals surface area contributed by atoms with Gasteiger partial charge >= 0.3 is 0 Å². The molecular formula is C15H20N4O2. The monoisotopic (exact) mass is 288 g/mol. The topological polar surface area (TPSA) is 69.2 Å². The third-order valence-electron chi connectivity index (χ3n) is 2.84. The Bertz CT molecular complexity index is 548. The van der Waals surface area contributed by atoms with E-state index in [0.29, 0.717) is 18.9 Å². The first-order valence-corrected chi connectivity index (χ1v) is 6.83. The maximum absolute atomic E-state index is 5.15. The van der Waals surface area contributed by atoms with Gasteiger partial charge in [0.25, 0.3) is 0 Å². The molecule has 0 unspecified atom stereocenters. The molecule has 0 aliphatic heterocycles. The van der Waals surface area contributed by atoms with Crippen molar-refractivity contribution in [1.82, 2.24) is 15.0 Å². The van der Waals surface area contributed by atoms with E-state index < -0.39 is 0 Å². The highest BCUT2D eigenvalue weighted by Crippen LogP contribution is 2.13. The molecule has 0 aliphatic rings. The first-order valence-electron chi connectivity index (χ1n) is 6.83. The zero-order chi connectivity index (χ0) is 15.1. The molecule has 0 aliphatic carbocycles. The lowest BCUT2D eigenvalue weighted by atomic mass is 10.2. The molecule has 0 aromatic carbocycles. The molecule has 0 amide bonds. The molecule has 0 fully saturated rings. The van der Waals surface area contributed by atoms with Crippen LogP contribution in [0.2, 0.25) is 0 Å². The third-order valence-corrected chi connectivity index (χ3v) is 2.84. The standard InChI is InChI=1S/C15H20N4O2/c1-4-16-13-8-12(10-20-2)18-14(19-13)7-11-5-6-15(21-3)17-9-11/h5-6,8-9H,4,7,10H2,1-3H3,(H,16,18,19). The van der Waals surface area contributed by atoms with Crippen molar-refractivity contribution in [2.75, 3.05) is 26.1 Å². The Morgan fingerprint density at radius 3 is 2.67 bits per heavy atom. The van der Waals surface area contributed by atoms with Crippen LogP contribution in [0.5, 0.6) is 5.88 Å². The van der Waals surface area contributed by atoms with Gasteiger partial charge in [-0.3, -0.25) is 0 Å². The van der Waals surface area contributed by atoms with E-state index in [1.165, 1.54) is 0 Å². The smallest absolute Gasteiger partial charge is 0.212 e. The predicted molar refractivity (Wildman–Crippen MR) is 80.5 cm³/mol. The maximum atomic E-state index is 5.15. The van der Waals surface area contributed by atoms with Crippen molar-refractivity contribution in [1.29, 1.82) is 0 Å². The summed E-state index contributed by atoms with van der Waals surface area (Å²) in [6.07, 6.45) is 2.39. The molecule has 2 heterocycles. The Hall–Kier alpha value is -2.21. The largest absolute Gasteiger partial charge is 0.481 e.